The first-order valence-electron chi connectivity index (χ1n) is 6.34. The van der Waals surface area contributed by atoms with Gasteiger partial charge in [0.25, 0.3) is 0 Å². The molecule has 6 heteroatoms. The number of nitrogens with one attached hydrogen (secondary N) is 1. The van der Waals surface area contributed by atoms with Crippen molar-refractivity contribution in [3.05, 3.63) is 23.8 Å². The van der Waals surface area contributed by atoms with Crippen LogP contribution in [0.15, 0.2) is 18.2 Å². The van der Waals surface area contributed by atoms with Crippen molar-refractivity contribution in [1.82, 2.24) is 4.90 Å². The number of carbonyl (C=O) groups excluding carboxylic acids is 1. The van der Waals surface area contributed by atoms with Crippen LogP contribution in [0.4, 0.5) is 10.5 Å². The van der Waals surface area contributed by atoms with E-state index >= 15 is 0 Å². The third-order valence-electron chi connectivity index (χ3n) is 3.38. The molecule has 20 heavy (non-hydrogen) atoms. The highest BCUT2D eigenvalue weighted by Crippen LogP contribution is 2.22. The molecule has 0 aliphatic rings. The summed E-state index contributed by atoms with van der Waals surface area (Å²) in [7, 11) is 1.69. The van der Waals surface area contributed by atoms with Crippen molar-refractivity contribution < 1.29 is 19.8 Å². The molecule has 6 nitrogen and oxygen atoms in total. The van der Waals surface area contributed by atoms with E-state index in [1.807, 2.05) is 20.8 Å². The molecule has 0 spiro atoms. The Morgan fingerprint density at radius 2 is 1.85 bits per heavy atom. The molecule has 0 saturated heterocycles. The fourth-order valence-electron chi connectivity index (χ4n) is 1.63. The number of carboxylic acid groups (broad SMARTS) is 1. The SMILES string of the molecule is CC(C)C(C)N(C)C(=O)Nc1ccc(C(=O)O)c(O)c1. The highest BCUT2D eigenvalue weighted by molar-refractivity contribution is 5.93. The number of amides is 2. The number of hydrogen-bond acceptors (Lipinski definition) is 3. The van der Waals surface area contributed by atoms with Crippen molar-refractivity contribution in [2.24, 2.45) is 5.92 Å². The van der Waals surface area contributed by atoms with E-state index in [1.165, 1.54) is 18.2 Å². The van der Waals surface area contributed by atoms with Crippen molar-refractivity contribution in [3.8, 4) is 5.75 Å². The molecule has 0 fully saturated rings. The van der Waals surface area contributed by atoms with Gasteiger partial charge in [0.15, 0.2) is 0 Å². The number of benzene rings is 1. The molecule has 0 radical (unpaired) electrons. The van der Waals surface area contributed by atoms with Gasteiger partial charge in [0.2, 0.25) is 0 Å². The number of hydrogen-bond donors (Lipinski definition) is 3. The number of rotatable bonds is 4. The molecular weight excluding hydrogens is 260 g/mol. The Hall–Kier alpha value is -2.24. The van der Waals surface area contributed by atoms with Crippen LogP contribution in [0.1, 0.15) is 31.1 Å². The Balaban J connectivity index is 2.81. The van der Waals surface area contributed by atoms with Crippen LogP contribution in [0.25, 0.3) is 0 Å². The van der Waals surface area contributed by atoms with Gasteiger partial charge in [-0.25, -0.2) is 9.59 Å². The Labute approximate surface area is 118 Å². The number of carbonyl (C=O) groups is 2. The van der Waals surface area contributed by atoms with Crippen LogP contribution < -0.4 is 5.32 Å². The summed E-state index contributed by atoms with van der Waals surface area (Å²) in [5, 5.41) is 21.0. The minimum Gasteiger partial charge on any atom is -0.507 e. The van der Waals surface area contributed by atoms with E-state index in [9.17, 15) is 14.7 Å². The summed E-state index contributed by atoms with van der Waals surface area (Å²) in [6.07, 6.45) is 0. The maximum Gasteiger partial charge on any atom is 0.339 e. The minimum atomic E-state index is -1.22. The standard InChI is InChI=1S/C14H20N2O4/c1-8(2)9(3)16(4)14(20)15-10-5-6-11(13(18)19)12(17)7-10/h5-9,17H,1-4H3,(H,15,20)(H,18,19). The molecule has 0 saturated carbocycles. The molecule has 0 bridgehead atoms. The first kappa shape index (κ1) is 15.8. The lowest BCUT2D eigenvalue weighted by Crippen LogP contribution is -2.40. The third-order valence-corrected chi connectivity index (χ3v) is 3.38. The number of carboxylic acids is 1. The molecule has 1 aromatic rings. The normalized spacial score (nSPS) is 12.1. The van der Waals surface area contributed by atoms with Gasteiger partial charge in [0, 0.05) is 24.8 Å². The van der Waals surface area contributed by atoms with Crippen molar-refractivity contribution >= 4 is 17.7 Å². The second-order valence-corrected chi connectivity index (χ2v) is 5.06. The van der Waals surface area contributed by atoms with E-state index in [0.29, 0.717) is 11.6 Å². The molecule has 0 aliphatic heterocycles. The lowest BCUT2D eigenvalue weighted by molar-refractivity contribution is 0.0694. The summed E-state index contributed by atoms with van der Waals surface area (Å²) in [4.78, 5) is 24.3. The summed E-state index contributed by atoms with van der Waals surface area (Å²) in [6.45, 7) is 5.97. The van der Waals surface area contributed by atoms with Gasteiger partial charge in [0.05, 0.1) is 0 Å². The van der Waals surface area contributed by atoms with Crippen LogP contribution in [0.5, 0.6) is 5.75 Å². The van der Waals surface area contributed by atoms with Gasteiger partial charge < -0.3 is 20.4 Å². The number of anilines is 1. The Morgan fingerprint density at radius 1 is 1.25 bits per heavy atom. The van der Waals surface area contributed by atoms with Crippen LogP contribution in [0.2, 0.25) is 0 Å². The van der Waals surface area contributed by atoms with Crippen molar-refractivity contribution in [1.29, 1.82) is 0 Å². The van der Waals surface area contributed by atoms with Gasteiger partial charge in [-0.05, 0) is 25.0 Å². The number of urea groups is 1. The predicted molar refractivity (Wildman–Crippen MR) is 76.1 cm³/mol. The topological polar surface area (TPSA) is 89.9 Å². The molecule has 2 amide bonds. The largest absolute Gasteiger partial charge is 0.507 e. The van der Waals surface area contributed by atoms with E-state index in [0.717, 1.165) is 0 Å². The van der Waals surface area contributed by atoms with Gasteiger partial charge in [-0.3, -0.25) is 0 Å². The Kier molecular flexibility index (Phi) is 4.96. The average Bonchev–Trinajstić information content (AvgIpc) is 2.36. The number of aromatic hydroxyl groups is 1. The first-order valence-corrected chi connectivity index (χ1v) is 6.34. The molecular formula is C14H20N2O4. The lowest BCUT2D eigenvalue weighted by atomic mass is 10.1. The first-order chi connectivity index (χ1) is 9.23. The van der Waals surface area contributed by atoms with E-state index in [1.54, 1.807) is 11.9 Å². The molecule has 0 aromatic heterocycles. The zero-order valence-corrected chi connectivity index (χ0v) is 12.0. The predicted octanol–water partition coefficient (Wildman–Crippen LogP) is 2.60. The second kappa shape index (κ2) is 6.27. The smallest absolute Gasteiger partial charge is 0.339 e. The Morgan fingerprint density at radius 3 is 2.30 bits per heavy atom. The summed E-state index contributed by atoms with van der Waals surface area (Å²) < 4.78 is 0. The van der Waals surface area contributed by atoms with Crippen molar-refractivity contribution in [2.75, 3.05) is 12.4 Å². The van der Waals surface area contributed by atoms with E-state index in [4.69, 9.17) is 5.11 Å². The average molecular weight is 280 g/mol. The summed E-state index contributed by atoms with van der Waals surface area (Å²) in [5.41, 5.74) is 0.146. The molecule has 3 N–H and O–H groups in total. The molecule has 1 atom stereocenters. The van der Waals surface area contributed by atoms with Crippen LogP contribution >= 0.6 is 0 Å². The quantitative estimate of drug-likeness (QED) is 0.790. The van der Waals surface area contributed by atoms with Crippen LogP contribution in [0, 0.1) is 5.92 Å². The number of phenols is 1. The summed E-state index contributed by atoms with van der Waals surface area (Å²) >= 11 is 0. The fourth-order valence-corrected chi connectivity index (χ4v) is 1.63. The fraction of sp³-hybridized carbons (Fsp3) is 0.429. The van der Waals surface area contributed by atoms with E-state index in [-0.39, 0.29) is 23.4 Å². The van der Waals surface area contributed by atoms with Gasteiger partial charge in [-0.1, -0.05) is 13.8 Å². The van der Waals surface area contributed by atoms with Gasteiger partial charge in [0.1, 0.15) is 11.3 Å². The molecule has 1 unspecified atom stereocenters. The maximum atomic E-state index is 12.0. The summed E-state index contributed by atoms with van der Waals surface area (Å²) in [6, 6.07) is 3.65. The van der Waals surface area contributed by atoms with Crippen LogP contribution in [-0.2, 0) is 0 Å². The molecule has 0 aliphatic carbocycles. The van der Waals surface area contributed by atoms with Crippen LogP contribution in [0.3, 0.4) is 0 Å². The number of nitrogens with zero attached hydrogens (tertiary/aromatic N) is 1. The minimum absolute atomic E-state index is 0.0573. The van der Waals surface area contributed by atoms with E-state index < -0.39 is 5.97 Å². The van der Waals surface area contributed by atoms with Gasteiger partial charge >= 0.3 is 12.0 Å². The van der Waals surface area contributed by atoms with Gasteiger partial charge in [-0.2, -0.15) is 0 Å². The lowest BCUT2D eigenvalue weighted by Gasteiger charge is -2.28. The van der Waals surface area contributed by atoms with Crippen LogP contribution in [-0.4, -0.2) is 40.2 Å². The summed E-state index contributed by atoms with van der Waals surface area (Å²) in [5.74, 6) is -1.28. The van der Waals surface area contributed by atoms with E-state index in [2.05, 4.69) is 5.32 Å². The zero-order valence-electron chi connectivity index (χ0n) is 12.0. The van der Waals surface area contributed by atoms with Crippen molar-refractivity contribution in [3.63, 3.8) is 0 Å². The second-order valence-electron chi connectivity index (χ2n) is 5.06. The maximum absolute atomic E-state index is 12.0. The molecule has 1 aromatic carbocycles. The Bertz CT molecular complexity index is 514. The molecule has 110 valence electrons. The molecule has 1 rings (SSSR count). The highest BCUT2D eigenvalue weighted by Gasteiger charge is 2.19. The highest BCUT2D eigenvalue weighted by atomic mass is 16.4. The zero-order chi connectivity index (χ0) is 15.4. The van der Waals surface area contributed by atoms with Crippen molar-refractivity contribution in [2.45, 2.75) is 26.8 Å². The number of aromatic carboxylic acids is 1. The monoisotopic (exact) mass is 280 g/mol. The molecule has 0 heterocycles. The van der Waals surface area contributed by atoms with Gasteiger partial charge in [-0.15, -0.1) is 0 Å². The third kappa shape index (κ3) is 3.63.